The summed E-state index contributed by atoms with van der Waals surface area (Å²) in [5, 5.41) is 0. The van der Waals surface area contributed by atoms with Gasteiger partial charge in [-0.2, -0.15) is 0 Å². The van der Waals surface area contributed by atoms with Crippen molar-refractivity contribution >= 4 is 5.97 Å². The van der Waals surface area contributed by atoms with Gasteiger partial charge in [-0.25, -0.2) is 24.7 Å². The van der Waals surface area contributed by atoms with Gasteiger partial charge in [0.15, 0.2) is 11.6 Å². The topological polar surface area (TPSA) is 77.9 Å². The first kappa shape index (κ1) is 28.1. The number of ether oxygens (including phenoxy) is 1. The monoisotopic (exact) mass is 522 g/mol. The van der Waals surface area contributed by atoms with Crippen molar-refractivity contribution in [2.45, 2.75) is 78.1 Å². The molecule has 4 rings (SSSR count). The third kappa shape index (κ3) is 8.54. The van der Waals surface area contributed by atoms with Gasteiger partial charge in [-0.05, 0) is 73.2 Å². The Hall–Kier alpha value is -3.93. The largest absolute Gasteiger partial charge is 0.423 e. The average Bonchev–Trinajstić information content (AvgIpc) is 2.99. The molecule has 2 aromatic heterocycles. The molecule has 0 aliphatic rings. The van der Waals surface area contributed by atoms with E-state index in [0.717, 1.165) is 41.5 Å². The van der Waals surface area contributed by atoms with Crippen molar-refractivity contribution in [3.05, 3.63) is 90.0 Å². The Morgan fingerprint density at radius 3 is 1.46 bits per heavy atom. The van der Waals surface area contributed by atoms with E-state index >= 15 is 0 Å². The number of hydrogen-bond acceptors (Lipinski definition) is 6. The number of rotatable bonds is 14. The maximum Gasteiger partial charge on any atom is 0.343 e. The number of unbranched alkanes of at least 4 members (excludes halogenated alkanes) is 6. The third-order valence-electron chi connectivity index (χ3n) is 6.75. The molecule has 0 amide bonds. The molecular formula is C33H38N4O2. The van der Waals surface area contributed by atoms with Crippen LogP contribution in [0.4, 0.5) is 0 Å². The highest BCUT2D eigenvalue weighted by Crippen LogP contribution is 2.22. The zero-order valence-corrected chi connectivity index (χ0v) is 23.1. The lowest BCUT2D eigenvalue weighted by Gasteiger charge is -2.07. The number of aromatic nitrogens is 4. The number of esters is 1. The van der Waals surface area contributed by atoms with Gasteiger partial charge in [-0.1, -0.05) is 64.5 Å². The van der Waals surface area contributed by atoms with Crippen molar-refractivity contribution in [3.63, 3.8) is 0 Å². The maximum atomic E-state index is 12.7. The molecule has 0 aliphatic carbocycles. The SMILES string of the molecule is CCCCCCc1cnc(-c2ccc(OC(=O)c3ccc(-c4ncc(CCCCCC)cn4)cc3)cc2)nc1. The third-order valence-corrected chi connectivity index (χ3v) is 6.75. The number of benzene rings is 2. The van der Waals surface area contributed by atoms with Gasteiger partial charge in [0.2, 0.25) is 0 Å². The van der Waals surface area contributed by atoms with Crippen LogP contribution in [0, 0.1) is 0 Å². The lowest BCUT2D eigenvalue weighted by molar-refractivity contribution is 0.0735. The second kappa shape index (κ2) is 14.9. The number of carbonyl (C=O) groups excluding carboxylic acids is 1. The minimum atomic E-state index is -0.415. The van der Waals surface area contributed by atoms with Gasteiger partial charge >= 0.3 is 5.97 Å². The second-order valence-corrected chi connectivity index (χ2v) is 9.94. The molecule has 0 fully saturated rings. The summed E-state index contributed by atoms with van der Waals surface area (Å²) in [5.74, 6) is 1.36. The summed E-state index contributed by atoms with van der Waals surface area (Å²) >= 11 is 0. The number of nitrogens with zero attached hydrogens (tertiary/aromatic N) is 4. The lowest BCUT2D eigenvalue weighted by atomic mass is 10.1. The fourth-order valence-electron chi connectivity index (χ4n) is 4.37. The van der Waals surface area contributed by atoms with Gasteiger partial charge in [-0.15, -0.1) is 0 Å². The predicted octanol–water partition coefficient (Wildman–Crippen LogP) is 8.07. The highest BCUT2D eigenvalue weighted by atomic mass is 16.5. The fraction of sp³-hybridized carbons (Fsp3) is 0.364. The van der Waals surface area contributed by atoms with Crippen LogP contribution in [0.2, 0.25) is 0 Å². The van der Waals surface area contributed by atoms with Crippen molar-refractivity contribution in [3.8, 4) is 28.5 Å². The van der Waals surface area contributed by atoms with Crippen LogP contribution in [-0.2, 0) is 12.8 Å². The number of hydrogen-bond donors (Lipinski definition) is 0. The number of carbonyl (C=O) groups is 1. The van der Waals surface area contributed by atoms with E-state index in [-0.39, 0.29) is 0 Å². The van der Waals surface area contributed by atoms with Crippen LogP contribution in [0.3, 0.4) is 0 Å². The first-order chi connectivity index (χ1) is 19.2. The van der Waals surface area contributed by atoms with Crippen molar-refractivity contribution in [1.29, 1.82) is 0 Å². The van der Waals surface area contributed by atoms with Crippen molar-refractivity contribution in [2.24, 2.45) is 0 Å². The molecule has 202 valence electrons. The molecule has 2 aromatic carbocycles. The predicted molar refractivity (Wildman–Crippen MR) is 156 cm³/mol. The molecule has 0 atom stereocenters. The van der Waals surface area contributed by atoms with E-state index in [2.05, 4.69) is 33.8 Å². The Labute approximate surface area is 232 Å². The van der Waals surface area contributed by atoms with Crippen LogP contribution in [0.1, 0.15) is 86.7 Å². The molecule has 0 unspecified atom stereocenters. The molecule has 0 radical (unpaired) electrons. The smallest absolute Gasteiger partial charge is 0.343 e. The summed E-state index contributed by atoms with van der Waals surface area (Å²) in [5.41, 5.74) is 4.52. The van der Waals surface area contributed by atoms with E-state index in [1.54, 1.807) is 24.3 Å². The molecule has 39 heavy (non-hydrogen) atoms. The molecule has 0 N–H and O–H groups in total. The van der Waals surface area contributed by atoms with E-state index in [1.165, 1.54) is 44.9 Å². The van der Waals surface area contributed by atoms with Crippen LogP contribution in [0.5, 0.6) is 5.75 Å². The van der Waals surface area contributed by atoms with Gasteiger partial charge in [0.05, 0.1) is 5.56 Å². The molecule has 6 nitrogen and oxygen atoms in total. The highest BCUT2D eigenvalue weighted by molar-refractivity contribution is 5.91. The minimum absolute atomic E-state index is 0.415. The maximum absolute atomic E-state index is 12.7. The summed E-state index contributed by atoms with van der Waals surface area (Å²) < 4.78 is 5.58. The molecule has 0 saturated carbocycles. The zero-order valence-electron chi connectivity index (χ0n) is 23.1. The Morgan fingerprint density at radius 2 is 1.03 bits per heavy atom. The number of aryl methyl sites for hydroxylation is 2. The molecule has 0 saturated heterocycles. The molecule has 0 bridgehead atoms. The minimum Gasteiger partial charge on any atom is -0.423 e. The van der Waals surface area contributed by atoms with Gasteiger partial charge < -0.3 is 4.74 Å². The molecule has 2 heterocycles. The van der Waals surface area contributed by atoms with E-state index in [0.29, 0.717) is 23.0 Å². The van der Waals surface area contributed by atoms with Crippen LogP contribution in [0.15, 0.2) is 73.3 Å². The first-order valence-electron chi connectivity index (χ1n) is 14.2. The Bertz CT molecular complexity index is 1290. The Balaban J connectivity index is 1.29. The molecule has 6 heteroatoms. The van der Waals surface area contributed by atoms with Gasteiger partial charge in [-0.3, -0.25) is 0 Å². The summed E-state index contributed by atoms with van der Waals surface area (Å²) in [6.07, 6.45) is 19.4. The quantitative estimate of drug-likeness (QED) is 0.0946. The van der Waals surface area contributed by atoms with Crippen LogP contribution in [-0.4, -0.2) is 25.9 Å². The summed E-state index contributed by atoms with van der Waals surface area (Å²) in [4.78, 5) is 30.7. The fourth-order valence-corrected chi connectivity index (χ4v) is 4.37. The van der Waals surface area contributed by atoms with Crippen LogP contribution >= 0.6 is 0 Å². The highest BCUT2D eigenvalue weighted by Gasteiger charge is 2.11. The summed E-state index contributed by atoms with van der Waals surface area (Å²) in [7, 11) is 0. The molecule has 4 aromatic rings. The van der Waals surface area contributed by atoms with Crippen molar-refractivity contribution in [2.75, 3.05) is 0 Å². The van der Waals surface area contributed by atoms with E-state index < -0.39 is 5.97 Å². The molecule has 0 spiro atoms. The average molecular weight is 523 g/mol. The lowest BCUT2D eigenvalue weighted by Crippen LogP contribution is -2.08. The standard InChI is InChI=1S/C33H38N4O2/c1-3-5-7-9-11-25-21-34-31(35-22-25)27-13-15-29(16-14-27)33(38)39-30-19-17-28(18-20-30)32-36-23-26(24-37-32)12-10-8-6-4-2/h13-24H,3-12H2,1-2H3. The van der Waals surface area contributed by atoms with Gasteiger partial charge in [0.1, 0.15) is 5.75 Å². The second-order valence-electron chi connectivity index (χ2n) is 9.94. The Kier molecular flexibility index (Phi) is 10.7. The Morgan fingerprint density at radius 1 is 0.590 bits per heavy atom. The van der Waals surface area contributed by atoms with Crippen molar-refractivity contribution < 1.29 is 9.53 Å². The van der Waals surface area contributed by atoms with Crippen LogP contribution in [0.25, 0.3) is 22.8 Å². The van der Waals surface area contributed by atoms with E-state index in [9.17, 15) is 4.79 Å². The van der Waals surface area contributed by atoms with Gasteiger partial charge in [0.25, 0.3) is 0 Å². The normalized spacial score (nSPS) is 10.9. The molecular weight excluding hydrogens is 484 g/mol. The molecule has 0 aliphatic heterocycles. The van der Waals surface area contributed by atoms with Crippen LogP contribution < -0.4 is 4.74 Å². The summed E-state index contributed by atoms with van der Waals surface area (Å²) in [6, 6.07) is 14.4. The van der Waals surface area contributed by atoms with Gasteiger partial charge in [0, 0.05) is 35.9 Å². The van der Waals surface area contributed by atoms with E-state index in [4.69, 9.17) is 4.74 Å². The summed E-state index contributed by atoms with van der Waals surface area (Å²) in [6.45, 7) is 4.43. The first-order valence-corrected chi connectivity index (χ1v) is 14.2. The van der Waals surface area contributed by atoms with E-state index in [1.807, 2.05) is 49.1 Å². The van der Waals surface area contributed by atoms with Crippen molar-refractivity contribution in [1.82, 2.24) is 19.9 Å². The zero-order chi connectivity index (χ0) is 27.3.